The van der Waals surface area contributed by atoms with Crippen LogP contribution in [-0.4, -0.2) is 93.1 Å². The molecule has 3 fully saturated rings. The Balaban J connectivity index is 0.963. The summed E-state index contributed by atoms with van der Waals surface area (Å²) in [4.78, 5) is 72.1. The number of alkyl carbamates (subject to hydrolysis) is 2. The molecule has 1 saturated carbocycles. The molecule has 2 saturated heterocycles. The molecule has 1 spiro atoms. The maximum Gasteiger partial charge on any atom is 0.407 e. The summed E-state index contributed by atoms with van der Waals surface area (Å²) < 4.78 is 9.62. The van der Waals surface area contributed by atoms with Crippen molar-refractivity contribution in [2.45, 2.75) is 84.0 Å². The lowest BCUT2D eigenvalue weighted by Crippen LogP contribution is -2.51. The number of likely N-dealkylation sites (tertiary alicyclic amines) is 2. The Morgan fingerprint density at radius 1 is 0.778 bits per heavy atom. The summed E-state index contributed by atoms with van der Waals surface area (Å²) in [6.07, 6.45) is 6.39. The van der Waals surface area contributed by atoms with Crippen molar-refractivity contribution < 1.29 is 28.7 Å². The zero-order valence-electron chi connectivity index (χ0n) is 36.6. The highest BCUT2D eigenvalue weighted by Gasteiger charge is 2.55. The first-order valence-electron chi connectivity index (χ1n) is 21.8. The average Bonchev–Trinajstić information content (AvgIpc) is 3.80. The van der Waals surface area contributed by atoms with Gasteiger partial charge in [-0.1, -0.05) is 82.6 Å². The topological polar surface area (TPSA) is 198 Å². The summed E-state index contributed by atoms with van der Waals surface area (Å²) in [6.45, 7) is 8.60. The number of methoxy groups -OCH3 is 2. The standard InChI is InChI=1S/C48H55N9O6/c1-7-28(4)41(55-47(61)63-6)45(59)56-25-29(22-49)18-38(56)42-50-24-37(53-42)35-15-14-33-19-32(12-13-34(33)20-35)30-8-10-31(11-9-30)36-23-51-43(52-36)39-21-48(16-17-48)26-57(39)44(58)40(27(2)3)54-46(60)62-5/h8-15,19-20,23-24,27-29,38-41H,7,16-18,21,25-26H2,1-6H3,(H,50,53)(H,51,52)(H,54,60)(H,55,61)/t28-,29+,38-,39-,40-,41-/m0/s1. The maximum atomic E-state index is 13.9. The van der Waals surface area contributed by atoms with E-state index in [2.05, 4.69) is 81.3 Å². The molecule has 0 radical (unpaired) electrons. The second kappa shape index (κ2) is 17.6. The summed E-state index contributed by atoms with van der Waals surface area (Å²) >= 11 is 0. The minimum Gasteiger partial charge on any atom is -0.453 e. The van der Waals surface area contributed by atoms with E-state index in [1.54, 1.807) is 11.1 Å². The molecule has 4 amide bonds. The van der Waals surface area contributed by atoms with Gasteiger partial charge in [-0.25, -0.2) is 19.6 Å². The lowest BCUT2D eigenvalue weighted by molar-refractivity contribution is -0.136. The second-order valence-electron chi connectivity index (χ2n) is 17.8. The number of H-pyrrole nitrogens is 2. The summed E-state index contributed by atoms with van der Waals surface area (Å²) in [5.74, 6) is 0.336. The fourth-order valence-corrected chi connectivity index (χ4v) is 9.17. The Kier molecular flexibility index (Phi) is 12.0. The van der Waals surface area contributed by atoms with Crippen molar-refractivity contribution in [1.82, 2.24) is 40.4 Å². The molecule has 63 heavy (non-hydrogen) atoms. The van der Waals surface area contributed by atoms with E-state index in [-0.39, 0.29) is 47.6 Å². The number of ether oxygens (including phenoxy) is 2. The van der Waals surface area contributed by atoms with Crippen molar-refractivity contribution in [3.63, 3.8) is 0 Å². The third kappa shape index (κ3) is 8.71. The summed E-state index contributed by atoms with van der Waals surface area (Å²) in [5, 5.41) is 17.4. The normalized spacial score (nSPS) is 20.3. The number of aromatic nitrogens is 4. The molecule has 0 bridgehead atoms. The number of aromatic amines is 2. The summed E-state index contributed by atoms with van der Waals surface area (Å²) in [5.41, 5.74) is 5.82. The van der Waals surface area contributed by atoms with E-state index >= 15 is 0 Å². The average molecular weight is 854 g/mol. The van der Waals surface area contributed by atoms with Crippen LogP contribution >= 0.6 is 0 Å². The van der Waals surface area contributed by atoms with E-state index in [0.29, 0.717) is 25.2 Å². The minimum atomic E-state index is -0.795. The van der Waals surface area contributed by atoms with Crippen molar-refractivity contribution in [2.24, 2.45) is 23.2 Å². The van der Waals surface area contributed by atoms with Crippen LogP contribution in [-0.2, 0) is 19.1 Å². The van der Waals surface area contributed by atoms with Gasteiger partial charge in [0.25, 0.3) is 0 Å². The SMILES string of the molecule is CC[C@H](C)[C@H](NC(=O)OC)C(=O)N1C[C@@H](C#N)C[C@H]1c1ncc(-c2ccc3cc(-c4ccc(-c5cnc([C@@H]6CC7(CC7)CN6C(=O)[C@@H](NC(=O)OC)C(C)C)[nH]5)cc4)ccc3c2)[nH]1. The second-order valence-corrected chi connectivity index (χ2v) is 17.8. The molecule has 8 rings (SSSR count). The predicted octanol–water partition coefficient (Wildman–Crippen LogP) is 7.91. The quantitative estimate of drug-likeness (QED) is 0.0964. The number of rotatable bonds is 12. The first kappa shape index (κ1) is 43.0. The summed E-state index contributed by atoms with van der Waals surface area (Å²) in [6, 6.07) is 21.1. The lowest BCUT2D eigenvalue weighted by Gasteiger charge is -2.30. The number of nitrogens with zero attached hydrogens (tertiary/aromatic N) is 5. The number of fused-ring (bicyclic) bond motifs is 1. The van der Waals surface area contributed by atoms with Crippen molar-refractivity contribution in [1.29, 1.82) is 5.26 Å². The van der Waals surface area contributed by atoms with Crippen LogP contribution in [0.4, 0.5) is 9.59 Å². The Morgan fingerprint density at radius 3 is 1.90 bits per heavy atom. The molecule has 5 aromatic rings. The highest BCUT2D eigenvalue weighted by molar-refractivity contribution is 5.91. The maximum absolute atomic E-state index is 13.9. The van der Waals surface area contributed by atoms with E-state index in [0.717, 1.165) is 69.5 Å². The Hall–Kier alpha value is -6.69. The van der Waals surface area contributed by atoms with Crippen LogP contribution in [0.25, 0.3) is 44.4 Å². The minimum absolute atomic E-state index is 0.112. The molecule has 6 atom stereocenters. The number of nitriles is 1. The molecule has 1 aliphatic carbocycles. The van der Waals surface area contributed by atoms with Crippen molar-refractivity contribution in [2.75, 3.05) is 27.3 Å². The monoisotopic (exact) mass is 853 g/mol. The Morgan fingerprint density at radius 2 is 1.32 bits per heavy atom. The molecular formula is C48H55N9O6. The van der Waals surface area contributed by atoms with Crippen molar-refractivity contribution >= 4 is 34.8 Å². The number of hydrogen-bond donors (Lipinski definition) is 4. The molecular weight excluding hydrogens is 799 g/mol. The molecule has 328 valence electrons. The third-order valence-corrected chi connectivity index (χ3v) is 13.3. The van der Waals surface area contributed by atoms with E-state index in [1.807, 2.05) is 44.9 Å². The molecule has 4 heterocycles. The number of carbonyl (C=O) groups excluding carboxylic acids is 4. The van der Waals surface area contributed by atoms with Gasteiger partial charge in [0.15, 0.2) is 0 Å². The molecule has 2 aromatic heterocycles. The van der Waals surface area contributed by atoms with Crippen LogP contribution in [0.5, 0.6) is 0 Å². The van der Waals surface area contributed by atoms with E-state index in [4.69, 9.17) is 19.4 Å². The van der Waals surface area contributed by atoms with E-state index in [1.165, 1.54) is 14.2 Å². The van der Waals surface area contributed by atoms with Gasteiger partial charge in [-0.05, 0) is 82.5 Å². The van der Waals surface area contributed by atoms with Gasteiger partial charge in [-0.2, -0.15) is 5.26 Å². The van der Waals surface area contributed by atoms with Crippen LogP contribution in [0.2, 0.25) is 0 Å². The number of nitrogens with one attached hydrogen (secondary N) is 4. The largest absolute Gasteiger partial charge is 0.453 e. The number of hydrogen-bond acceptors (Lipinski definition) is 9. The van der Waals surface area contributed by atoms with Gasteiger partial charge in [0.2, 0.25) is 11.8 Å². The molecule has 3 aliphatic rings. The van der Waals surface area contributed by atoms with E-state index in [9.17, 15) is 24.4 Å². The van der Waals surface area contributed by atoms with Crippen molar-refractivity contribution in [3.05, 3.63) is 84.7 Å². The highest BCUT2D eigenvalue weighted by atomic mass is 16.5. The molecule has 3 aromatic carbocycles. The van der Waals surface area contributed by atoms with Crippen LogP contribution < -0.4 is 10.6 Å². The van der Waals surface area contributed by atoms with Gasteiger partial charge in [-0.15, -0.1) is 0 Å². The Labute approximate surface area is 366 Å². The predicted molar refractivity (Wildman–Crippen MR) is 236 cm³/mol. The third-order valence-electron chi connectivity index (χ3n) is 13.3. The highest BCUT2D eigenvalue weighted by Crippen LogP contribution is 2.58. The van der Waals surface area contributed by atoms with Gasteiger partial charge in [0, 0.05) is 18.7 Å². The zero-order chi connectivity index (χ0) is 44.6. The first-order chi connectivity index (χ1) is 30.3. The molecule has 0 unspecified atom stereocenters. The lowest BCUT2D eigenvalue weighted by atomic mass is 9.97. The number of carbonyl (C=O) groups is 4. The Bertz CT molecular complexity index is 2550. The molecule has 4 N–H and O–H groups in total. The van der Waals surface area contributed by atoms with Gasteiger partial charge >= 0.3 is 12.2 Å². The molecule has 15 heteroatoms. The van der Waals surface area contributed by atoms with Crippen LogP contribution in [0, 0.1) is 34.5 Å². The van der Waals surface area contributed by atoms with Crippen LogP contribution in [0.1, 0.15) is 83.5 Å². The van der Waals surface area contributed by atoms with Gasteiger partial charge in [-0.3, -0.25) is 9.59 Å². The van der Waals surface area contributed by atoms with Crippen LogP contribution in [0.3, 0.4) is 0 Å². The fourth-order valence-electron chi connectivity index (χ4n) is 9.17. The van der Waals surface area contributed by atoms with Gasteiger partial charge in [0.1, 0.15) is 23.7 Å². The number of imidazole rings is 2. The number of amides is 4. The fraction of sp³-hybridized carbons (Fsp3) is 0.438. The van der Waals surface area contributed by atoms with Crippen molar-refractivity contribution in [3.8, 4) is 39.7 Å². The smallest absolute Gasteiger partial charge is 0.407 e. The first-order valence-corrected chi connectivity index (χ1v) is 21.8. The van der Waals surface area contributed by atoms with Gasteiger partial charge in [0.05, 0.1) is 62.1 Å². The molecule has 2 aliphatic heterocycles. The number of benzene rings is 3. The van der Waals surface area contributed by atoms with Gasteiger partial charge < -0.3 is 39.9 Å². The summed E-state index contributed by atoms with van der Waals surface area (Å²) in [7, 11) is 2.57. The zero-order valence-corrected chi connectivity index (χ0v) is 36.6. The van der Waals surface area contributed by atoms with E-state index < -0.39 is 30.3 Å². The molecule has 15 nitrogen and oxygen atoms in total. The van der Waals surface area contributed by atoms with Crippen LogP contribution in [0.15, 0.2) is 73.1 Å².